The highest BCUT2D eigenvalue weighted by Gasteiger charge is 2.28. The van der Waals surface area contributed by atoms with Crippen molar-refractivity contribution in [3.8, 4) is 6.07 Å². The van der Waals surface area contributed by atoms with E-state index < -0.39 is 0 Å². The fourth-order valence-electron chi connectivity index (χ4n) is 1.82. The smallest absolute Gasteiger partial charge is 0.150 e. The Kier molecular flexibility index (Phi) is 3.21. The van der Waals surface area contributed by atoms with E-state index in [0.29, 0.717) is 18.0 Å². The van der Waals surface area contributed by atoms with Crippen LogP contribution in [-0.4, -0.2) is 18.9 Å². The van der Waals surface area contributed by atoms with E-state index >= 15 is 0 Å². The van der Waals surface area contributed by atoms with E-state index in [4.69, 9.17) is 5.26 Å². The number of hydrogen-bond acceptors (Lipinski definition) is 3. The molecule has 0 saturated heterocycles. The summed E-state index contributed by atoms with van der Waals surface area (Å²) < 4.78 is 0. The molecule has 1 aromatic rings. The molecule has 1 fully saturated rings. The third kappa shape index (κ3) is 2.40. The molecule has 0 unspecified atom stereocenters. The lowest BCUT2D eigenvalue weighted by Crippen LogP contribution is -2.26. The van der Waals surface area contributed by atoms with Crippen molar-refractivity contribution in [3.63, 3.8) is 0 Å². The van der Waals surface area contributed by atoms with Gasteiger partial charge < -0.3 is 4.90 Å². The Morgan fingerprint density at radius 3 is 2.56 bits per heavy atom. The molecule has 16 heavy (non-hydrogen) atoms. The van der Waals surface area contributed by atoms with Crippen LogP contribution in [0.2, 0.25) is 0 Å². The first kappa shape index (κ1) is 10.7. The zero-order chi connectivity index (χ0) is 11.4. The normalized spacial score (nSPS) is 14.2. The maximum Gasteiger partial charge on any atom is 0.150 e. The Hall–Kier alpha value is -1.82. The number of hydrogen-bond donors (Lipinski definition) is 0. The highest BCUT2D eigenvalue weighted by Crippen LogP contribution is 2.31. The highest BCUT2D eigenvalue weighted by atomic mass is 16.1. The van der Waals surface area contributed by atoms with Crippen molar-refractivity contribution in [2.75, 3.05) is 11.4 Å². The average molecular weight is 214 g/mol. The van der Waals surface area contributed by atoms with Crippen LogP contribution < -0.4 is 4.90 Å². The summed E-state index contributed by atoms with van der Waals surface area (Å²) in [7, 11) is 0. The van der Waals surface area contributed by atoms with Crippen LogP contribution in [0, 0.1) is 11.3 Å². The van der Waals surface area contributed by atoms with Gasteiger partial charge in [0, 0.05) is 23.8 Å². The van der Waals surface area contributed by atoms with Gasteiger partial charge in [0.1, 0.15) is 6.29 Å². The van der Waals surface area contributed by atoms with Crippen molar-refractivity contribution in [1.29, 1.82) is 5.26 Å². The third-order valence-electron chi connectivity index (χ3n) is 2.81. The number of nitriles is 1. The zero-order valence-electron chi connectivity index (χ0n) is 9.10. The molecule has 2 rings (SSSR count). The standard InChI is InChI=1S/C13H14N2O/c14-8-1-9-15(13-6-7-13)12-4-2-11(10-16)3-5-12/h2-5,10,13H,1,6-7,9H2. The second-order valence-corrected chi connectivity index (χ2v) is 4.04. The zero-order valence-corrected chi connectivity index (χ0v) is 9.10. The highest BCUT2D eigenvalue weighted by molar-refractivity contribution is 5.75. The van der Waals surface area contributed by atoms with E-state index in [1.807, 2.05) is 24.3 Å². The van der Waals surface area contributed by atoms with Crippen LogP contribution in [0.15, 0.2) is 24.3 Å². The van der Waals surface area contributed by atoms with Gasteiger partial charge >= 0.3 is 0 Å². The fourth-order valence-corrected chi connectivity index (χ4v) is 1.82. The molecule has 0 bridgehead atoms. The van der Waals surface area contributed by atoms with Gasteiger partial charge in [0.25, 0.3) is 0 Å². The van der Waals surface area contributed by atoms with Gasteiger partial charge in [0.2, 0.25) is 0 Å². The summed E-state index contributed by atoms with van der Waals surface area (Å²) in [6.07, 6.45) is 3.81. The van der Waals surface area contributed by atoms with Crippen LogP contribution in [0.3, 0.4) is 0 Å². The molecule has 0 spiro atoms. The van der Waals surface area contributed by atoms with Gasteiger partial charge in [-0.2, -0.15) is 5.26 Å². The van der Waals surface area contributed by atoms with Crippen molar-refractivity contribution in [3.05, 3.63) is 29.8 Å². The molecule has 1 aliphatic carbocycles. The van der Waals surface area contributed by atoms with Gasteiger partial charge in [-0.15, -0.1) is 0 Å². The Morgan fingerprint density at radius 1 is 1.38 bits per heavy atom. The van der Waals surface area contributed by atoms with Gasteiger partial charge in [-0.05, 0) is 37.1 Å². The van der Waals surface area contributed by atoms with Gasteiger partial charge in [0.05, 0.1) is 12.5 Å². The summed E-state index contributed by atoms with van der Waals surface area (Å²) in [5.74, 6) is 0. The molecular formula is C13H14N2O. The van der Waals surface area contributed by atoms with Gasteiger partial charge in [-0.25, -0.2) is 0 Å². The summed E-state index contributed by atoms with van der Waals surface area (Å²) in [6, 6.07) is 10.3. The molecule has 0 aromatic heterocycles. The Bertz CT molecular complexity index is 401. The molecule has 0 heterocycles. The van der Waals surface area contributed by atoms with E-state index in [2.05, 4.69) is 11.0 Å². The molecule has 0 aliphatic heterocycles. The molecule has 1 aromatic carbocycles. The van der Waals surface area contributed by atoms with Crippen LogP contribution in [0.5, 0.6) is 0 Å². The van der Waals surface area contributed by atoms with Crippen molar-refractivity contribution >= 4 is 12.0 Å². The maximum atomic E-state index is 10.5. The molecule has 1 saturated carbocycles. The molecule has 3 heteroatoms. The predicted molar refractivity (Wildman–Crippen MR) is 62.4 cm³/mol. The summed E-state index contributed by atoms with van der Waals surface area (Å²) in [5, 5.41) is 8.62. The number of rotatable bonds is 5. The Labute approximate surface area is 95.3 Å². The minimum atomic E-state index is 0.548. The first-order valence-electron chi connectivity index (χ1n) is 5.54. The third-order valence-corrected chi connectivity index (χ3v) is 2.81. The second-order valence-electron chi connectivity index (χ2n) is 4.04. The number of aldehydes is 1. The minimum Gasteiger partial charge on any atom is -0.368 e. The first-order valence-corrected chi connectivity index (χ1v) is 5.54. The van der Waals surface area contributed by atoms with Crippen LogP contribution in [-0.2, 0) is 0 Å². The van der Waals surface area contributed by atoms with Crippen LogP contribution in [0.25, 0.3) is 0 Å². The molecule has 0 amide bonds. The molecule has 0 atom stereocenters. The number of carbonyl (C=O) groups excluding carboxylic acids is 1. The minimum absolute atomic E-state index is 0.548. The SMILES string of the molecule is N#CCCN(c1ccc(C=O)cc1)C1CC1. The lowest BCUT2D eigenvalue weighted by molar-refractivity contribution is 0.112. The number of benzene rings is 1. The van der Waals surface area contributed by atoms with Crippen molar-refractivity contribution < 1.29 is 4.79 Å². The average Bonchev–Trinajstić information content (AvgIpc) is 3.15. The van der Waals surface area contributed by atoms with Gasteiger partial charge in [0.15, 0.2) is 0 Å². The summed E-state index contributed by atoms with van der Waals surface area (Å²) in [5.41, 5.74) is 1.81. The largest absolute Gasteiger partial charge is 0.368 e. The predicted octanol–water partition coefficient (Wildman–Crippen LogP) is 2.38. The van der Waals surface area contributed by atoms with E-state index in [1.165, 1.54) is 12.8 Å². The summed E-state index contributed by atoms with van der Waals surface area (Å²) in [4.78, 5) is 12.8. The topological polar surface area (TPSA) is 44.1 Å². The molecule has 0 N–H and O–H groups in total. The van der Waals surface area contributed by atoms with Crippen LogP contribution in [0.1, 0.15) is 29.6 Å². The van der Waals surface area contributed by atoms with Crippen molar-refractivity contribution in [2.45, 2.75) is 25.3 Å². The molecule has 3 nitrogen and oxygen atoms in total. The monoisotopic (exact) mass is 214 g/mol. The van der Waals surface area contributed by atoms with Crippen molar-refractivity contribution in [2.24, 2.45) is 0 Å². The molecule has 82 valence electrons. The van der Waals surface area contributed by atoms with E-state index in [9.17, 15) is 4.79 Å². The number of carbonyl (C=O) groups is 1. The maximum absolute atomic E-state index is 10.5. The Morgan fingerprint density at radius 2 is 2.06 bits per heavy atom. The fraction of sp³-hybridized carbons (Fsp3) is 0.385. The van der Waals surface area contributed by atoms with Gasteiger partial charge in [-0.1, -0.05) is 0 Å². The molecule has 0 radical (unpaired) electrons. The van der Waals surface area contributed by atoms with Gasteiger partial charge in [-0.3, -0.25) is 4.79 Å². The van der Waals surface area contributed by atoms with Crippen LogP contribution in [0.4, 0.5) is 5.69 Å². The quantitative estimate of drug-likeness (QED) is 0.707. The second kappa shape index (κ2) is 4.80. The van der Waals surface area contributed by atoms with Crippen LogP contribution >= 0.6 is 0 Å². The number of nitrogens with zero attached hydrogens (tertiary/aromatic N) is 2. The van der Waals surface area contributed by atoms with E-state index in [0.717, 1.165) is 18.5 Å². The lowest BCUT2D eigenvalue weighted by atomic mass is 10.2. The molecule has 1 aliphatic rings. The summed E-state index contributed by atoms with van der Waals surface area (Å²) in [6.45, 7) is 0.779. The number of anilines is 1. The first-order chi connectivity index (χ1) is 7.85. The Balaban J connectivity index is 2.11. The van der Waals surface area contributed by atoms with E-state index in [1.54, 1.807) is 0 Å². The van der Waals surface area contributed by atoms with Crippen molar-refractivity contribution in [1.82, 2.24) is 0 Å². The van der Waals surface area contributed by atoms with E-state index in [-0.39, 0.29) is 0 Å². The molecular weight excluding hydrogens is 200 g/mol. The lowest BCUT2D eigenvalue weighted by Gasteiger charge is -2.23. The summed E-state index contributed by atoms with van der Waals surface area (Å²) >= 11 is 0.